The van der Waals surface area contributed by atoms with Crippen LogP contribution in [-0.2, 0) is 9.84 Å². The number of rotatable bonds is 5. The van der Waals surface area contributed by atoms with Crippen LogP contribution < -0.4 is 5.32 Å². The van der Waals surface area contributed by atoms with Gasteiger partial charge in [-0.05, 0) is 30.7 Å². The third-order valence-electron chi connectivity index (χ3n) is 2.36. The molecule has 0 atom stereocenters. The monoisotopic (exact) mass is 305 g/mol. The lowest BCUT2D eigenvalue weighted by Gasteiger charge is -2.09. The van der Waals surface area contributed by atoms with E-state index in [0.29, 0.717) is 6.54 Å². The molecule has 0 aliphatic rings. The lowest BCUT2D eigenvalue weighted by molar-refractivity contribution is 0.597. The minimum absolute atomic E-state index is 0.180. The molecular weight excluding hydrogens is 290 g/mol. The van der Waals surface area contributed by atoms with E-state index in [1.807, 2.05) is 25.1 Å². The summed E-state index contributed by atoms with van der Waals surface area (Å²) in [7, 11) is -2.88. The van der Waals surface area contributed by atoms with Crippen molar-refractivity contribution >= 4 is 31.5 Å². The molecule has 0 heterocycles. The van der Waals surface area contributed by atoms with Gasteiger partial charge >= 0.3 is 0 Å². The number of sulfone groups is 1. The summed E-state index contributed by atoms with van der Waals surface area (Å²) in [5.41, 5.74) is 2.08. The highest BCUT2D eigenvalue weighted by Gasteiger charge is 2.06. The molecule has 0 saturated heterocycles. The predicted octanol–water partition coefficient (Wildman–Crippen LogP) is 2.60. The van der Waals surface area contributed by atoms with Crippen LogP contribution in [0, 0.1) is 6.92 Å². The van der Waals surface area contributed by atoms with Gasteiger partial charge in [0.2, 0.25) is 0 Å². The second-order valence-electron chi connectivity index (χ2n) is 3.62. The molecule has 1 N–H and O–H groups in total. The Morgan fingerprint density at radius 2 is 2.06 bits per heavy atom. The second-order valence-corrected chi connectivity index (χ2v) is 7.01. The number of hydrogen-bond acceptors (Lipinski definition) is 3. The fourth-order valence-corrected chi connectivity index (χ4v) is 2.49. The number of hydrogen-bond donors (Lipinski definition) is 1. The van der Waals surface area contributed by atoms with E-state index in [2.05, 4.69) is 21.2 Å². The van der Waals surface area contributed by atoms with E-state index in [-0.39, 0.29) is 11.5 Å². The van der Waals surface area contributed by atoms with Crippen molar-refractivity contribution in [3.8, 4) is 0 Å². The molecule has 0 bridgehead atoms. The molecule has 0 amide bonds. The average Bonchev–Trinajstić information content (AvgIpc) is 2.21. The van der Waals surface area contributed by atoms with Gasteiger partial charge in [-0.3, -0.25) is 0 Å². The molecule has 0 radical (unpaired) electrons. The van der Waals surface area contributed by atoms with E-state index in [1.165, 1.54) is 0 Å². The lowest BCUT2D eigenvalue weighted by atomic mass is 10.2. The van der Waals surface area contributed by atoms with Gasteiger partial charge in [0.15, 0.2) is 9.84 Å². The largest absolute Gasteiger partial charge is 0.384 e. The first kappa shape index (κ1) is 13.5. The van der Waals surface area contributed by atoms with E-state index in [4.69, 9.17) is 0 Å². The zero-order chi connectivity index (χ0) is 12.2. The van der Waals surface area contributed by atoms with Crippen molar-refractivity contribution in [1.29, 1.82) is 0 Å². The molecule has 0 fully saturated rings. The Balaban J connectivity index is 2.56. The van der Waals surface area contributed by atoms with Crippen LogP contribution in [0.15, 0.2) is 22.7 Å². The van der Waals surface area contributed by atoms with Crippen LogP contribution in [0.3, 0.4) is 0 Å². The molecule has 0 aliphatic carbocycles. The number of halogens is 1. The highest BCUT2D eigenvalue weighted by molar-refractivity contribution is 9.10. The first-order chi connectivity index (χ1) is 7.44. The van der Waals surface area contributed by atoms with Crippen molar-refractivity contribution < 1.29 is 8.42 Å². The summed E-state index contributed by atoms with van der Waals surface area (Å²) in [6.45, 7) is 4.11. The van der Waals surface area contributed by atoms with E-state index >= 15 is 0 Å². The van der Waals surface area contributed by atoms with Gasteiger partial charge in [0, 0.05) is 22.5 Å². The summed E-state index contributed by atoms with van der Waals surface area (Å²) in [5.74, 6) is 0.382. The SMILES string of the molecule is CCS(=O)(=O)CCNc1ccc(Br)cc1C. The molecule has 5 heteroatoms. The van der Waals surface area contributed by atoms with Crippen LogP contribution in [0.25, 0.3) is 0 Å². The Bertz CT molecular complexity index is 457. The average molecular weight is 306 g/mol. The molecule has 1 aromatic rings. The molecule has 3 nitrogen and oxygen atoms in total. The molecule has 0 aromatic heterocycles. The maximum absolute atomic E-state index is 11.3. The fourth-order valence-electron chi connectivity index (χ4n) is 1.31. The molecule has 1 rings (SSSR count). The van der Waals surface area contributed by atoms with Crippen molar-refractivity contribution in [2.24, 2.45) is 0 Å². The van der Waals surface area contributed by atoms with Gasteiger partial charge in [0.25, 0.3) is 0 Å². The van der Waals surface area contributed by atoms with Gasteiger partial charge in [0.05, 0.1) is 5.75 Å². The summed E-state index contributed by atoms with van der Waals surface area (Å²) >= 11 is 3.38. The maximum Gasteiger partial charge on any atom is 0.151 e. The Kier molecular flexibility index (Phi) is 4.80. The standard InChI is InChI=1S/C11H16BrNO2S/c1-3-16(14,15)7-6-13-11-5-4-10(12)8-9(11)2/h4-5,8,13H,3,6-7H2,1-2H3. The van der Waals surface area contributed by atoms with Crippen LogP contribution in [0.5, 0.6) is 0 Å². The smallest absolute Gasteiger partial charge is 0.151 e. The Hall–Kier alpha value is -0.550. The van der Waals surface area contributed by atoms with E-state index in [1.54, 1.807) is 6.92 Å². The van der Waals surface area contributed by atoms with Gasteiger partial charge in [-0.25, -0.2) is 8.42 Å². The normalized spacial score (nSPS) is 11.4. The highest BCUT2D eigenvalue weighted by atomic mass is 79.9. The molecule has 0 spiro atoms. The molecule has 90 valence electrons. The van der Waals surface area contributed by atoms with Gasteiger partial charge in [-0.15, -0.1) is 0 Å². The first-order valence-electron chi connectivity index (χ1n) is 5.15. The zero-order valence-electron chi connectivity index (χ0n) is 9.46. The Morgan fingerprint density at radius 3 is 2.62 bits per heavy atom. The topological polar surface area (TPSA) is 46.2 Å². The summed E-state index contributed by atoms with van der Waals surface area (Å²) < 4.78 is 23.6. The van der Waals surface area contributed by atoms with Crippen molar-refractivity contribution in [2.75, 3.05) is 23.4 Å². The number of benzene rings is 1. The van der Waals surface area contributed by atoms with Gasteiger partial charge < -0.3 is 5.32 Å². The number of nitrogens with one attached hydrogen (secondary N) is 1. The van der Waals surface area contributed by atoms with Crippen molar-refractivity contribution in [3.05, 3.63) is 28.2 Å². The lowest BCUT2D eigenvalue weighted by Crippen LogP contribution is -2.17. The van der Waals surface area contributed by atoms with Crippen molar-refractivity contribution in [1.82, 2.24) is 0 Å². The molecule has 1 aromatic carbocycles. The van der Waals surface area contributed by atoms with Crippen molar-refractivity contribution in [3.63, 3.8) is 0 Å². The Labute approximate surface area is 105 Å². The van der Waals surface area contributed by atoms with Crippen molar-refractivity contribution in [2.45, 2.75) is 13.8 Å². The molecule has 0 aliphatic heterocycles. The quantitative estimate of drug-likeness (QED) is 0.909. The molecular formula is C11H16BrNO2S. The minimum atomic E-state index is -2.88. The maximum atomic E-state index is 11.3. The van der Waals surface area contributed by atoms with Crippen LogP contribution in [0.4, 0.5) is 5.69 Å². The predicted molar refractivity (Wildman–Crippen MR) is 71.7 cm³/mol. The summed E-state index contributed by atoms with van der Waals surface area (Å²) in [6, 6.07) is 5.87. The first-order valence-corrected chi connectivity index (χ1v) is 7.76. The summed E-state index contributed by atoms with van der Waals surface area (Å²) in [4.78, 5) is 0. The fraction of sp³-hybridized carbons (Fsp3) is 0.455. The zero-order valence-corrected chi connectivity index (χ0v) is 11.9. The van der Waals surface area contributed by atoms with E-state index in [0.717, 1.165) is 15.7 Å². The molecule has 0 saturated carbocycles. The Morgan fingerprint density at radius 1 is 1.38 bits per heavy atom. The third kappa shape index (κ3) is 4.14. The highest BCUT2D eigenvalue weighted by Crippen LogP contribution is 2.19. The van der Waals surface area contributed by atoms with E-state index in [9.17, 15) is 8.42 Å². The van der Waals surface area contributed by atoms with Gasteiger partial charge in [0.1, 0.15) is 0 Å². The minimum Gasteiger partial charge on any atom is -0.384 e. The number of aryl methyl sites for hydroxylation is 1. The third-order valence-corrected chi connectivity index (χ3v) is 4.56. The van der Waals surface area contributed by atoms with Crippen LogP contribution >= 0.6 is 15.9 Å². The summed E-state index contributed by atoms with van der Waals surface area (Å²) in [6.07, 6.45) is 0. The summed E-state index contributed by atoms with van der Waals surface area (Å²) in [5, 5.41) is 3.13. The van der Waals surface area contributed by atoms with Gasteiger partial charge in [-0.1, -0.05) is 22.9 Å². The van der Waals surface area contributed by atoms with Crippen LogP contribution in [0.1, 0.15) is 12.5 Å². The second kappa shape index (κ2) is 5.68. The molecule has 0 unspecified atom stereocenters. The van der Waals surface area contributed by atoms with E-state index < -0.39 is 9.84 Å². The molecule has 16 heavy (non-hydrogen) atoms. The van der Waals surface area contributed by atoms with Crippen LogP contribution in [0.2, 0.25) is 0 Å². The van der Waals surface area contributed by atoms with Crippen LogP contribution in [-0.4, -0.2) is 26.5 Å². The van der Waals surface area contributed by atoms with Gasteiger partial charge in [-0.2, -0.15) is 0 Å². The number of anilines is 1.